The molecule has 7 heteroatoms. The molecule has 1 N–H and O–H groups in total. The lowest BCUT2D eigenvalue weighted by Gasteiger charge is -2.18. The third-order valence-electron chi connectivity index (χ3n) is 5.75. The van der Waals surface area contributed by atoms with Crippen molar-refractivity contribution < 1.29 is 9.53 Å². The van der Waals surface area contributed by atoms with E-state index in [-0.39, 0.29) is 5.91 Å². The third-order valence-corrected chi connectivity index (χ3v) is 6.75. The van der Waals surface area contributed by atoms with Crippen LogP contribution in [0.25, 0.3) is 10.9 Å². The number of ether oxygens (including phenoxy) is 1. The molecule has 29 heavy (non-hydrogen) atoms. The molecule has 3 aromatic rings. The van der Waals surface area contributed by atoms with Crippen LogP contribution in [0.5, 0.6) is 5.75 Å². The van der Waals surface area contributed by atoms with Crippen LogP contribution in [0.2, 0.25) is 0 Å². The highest BCUT2D eigenvalue weighted by molar-refractivity contribution is 7.15. The highest BCUT2D eigenvalue weighted by Gasteiger charge is 2.23. The maximum Gasteiger partial charge on any atom is 0.274 e. The molecule has 0 atom stereocenters. The first-order valence-corrected chi connectivity index (χ1v) is 11.3. The molecule has 2 heterocycles. The zero-order valence-corrected chi connectivity index (χ0v) is 18.1. The zero-order valence-electron chi connectivity index (χ0n) is 17.3. The van der Waals surface area contributed by atoms with E-state index in [0.29, 0.717) is 29.9 Å². The number of fused-ring (bicyclic) bond motifs is 1. The molecule has 154 valence electrons. The Bertz CT molecular complexity index is 1020. The second-order valence-electron chi connectivity index (χ2n) is 7.56. The molecule has 0 radical (unpaired) electrons. The molecule has 0 spiro atoms. The summed E-state index contributed by atoms with van der Waals surface area (Å²) in [6, 6.07) is 6.00. The van der Waals surface area contributed by atoms with Crippen LogP contribution in [0.3, 0.4) is 0 Å². The van der Waals surface area contributed by atoms with E-state index in [1.165, 1.54) is 43.4 Å². The first-order chi connectivity index (χ1) is 14.1. The van der Waals surface area contributed by atoms with Crippen LogP contribution in [0, 0.1) is 6.92 Å². The number of nitrogens with one attached hydrogen (secondary N) is 1. The molecular formula is C22H28N4O2S. The summed E-state index contributed by atoms with van der Waals surface area (Å²) in [5.41, 5.74) is 2.67. The average molecular weight is 413 g/mol. The number of aromatic nitrogens is 3. The Morgan fingerprint density at radius 1 is 1.24 bits per heavy atom. The van der Waals surface area contributed by atoms with Gasteiger partial charge in [-0.1, -0.05) is 30.6 Å². The maximum atomic E-state index is 13.2. The number of benzene rings is 1. The number of carbonyl (C=O) groups is 1. The summed E-state index contributed by atoms with van der Waals surface area (Å²) in [4.78, 5) is 13.2. The Balaban J connectivity index is 1.61. The van der Waals surface area contributed by atoms with Crippen molar-refractivity contribution in [2.75, 3.05) is 11.9 Å². The average Bonchev–Trinajstić information content (AvgIpc) is 3.31. The topological polar surface area (TPSA) is 69.0 Å². The van der Waals surface area contributed by atoms with Gasteiger partial charge in [-0.15, -0.1) is 10.2 Å². The number of amides is 1. The number of anilines is 1. The van der Waals surface area contributed by atoms with Crippen LogP contribution in [0.15, 0.2) is 18.2 Å². The minimum absolute atomic E-state index is 0.134. The van der Waals surface area contributed by atoms with Crippen molar-refractivity contribution in [1.29, 1.82) is 0 Å². The Hall–Kier alpha value is -2.41. The van der Waals surface area contributed by atoms with E-state index < -0.39 is 0 Å². The first-order valence-electron chi connectivity index (χ1n) is 10.5. The summed E-state index contributed by atoms with van der Waals surface area (Å²) < 4.78 is 7.70. The van der Waals surface area contributed by atoms with Gasteiger partial charge in [-0.25, -0.2) is 0 Å². The zero-order chi connectivity index (χ0) is 20.4. The number of aryl methyl sites for hydroxylation is 2. The van der Waals surface area contributed by atoms with Gasteiger partial charge in [0.15, 0.2) is 0 Å². The van der Waals surface area contributed by atoms with Gasteiger partial charge in [0.1, 0.15) is 16.5 Å². The molecular weight excluding hydrogens is 384 g/mol. The fraction of sp³-hybridized carbons (Fsp3) is 0.500. The number of nitrogens with zero attached hydrogens (tertiary/aromatic N) is 3. The van der Waals surface area contributed by atoms with Crippen molar-refractivity contribution in [2.45, 2.75) is 65.3 Å². The molecule has 2 aromatic heterocycles. The summed E-state index contributed by atoms with van der Waals surface area (Å²) in [6.07, 6.45) is 6.17. The van der Waals surface area contributed by atoms with Crippen LogP contribution in [-0.4, -0.2) is 27.3 Å². The van der Waals surface area contributed by atoms with E-state index in [1.807, 2.05) is 32.0 Å². The van der Waals surface area contributed by atoms with Crippen LogP contribution in [0.4, 0.5) is 5.13 Å². The Morgan fingerprint density at radius 3 is 2.76 bits per heavy atom. The number of hydrogen-bond acceptors (Lipinski definition) is 5. The van der Waals surface area contributed by atoms with Gasteiger partial charge >= 0.3 is 0 Å². The molecule has 6 nitrogen and oxygen atoms in total. The van der Waals surface area contributed by atoms with Gasteiger partial charge in [-0.05, 0) is 57.4 Å². The lowest BCUT2D eigenvalue weighted by molar-refractivity contribution is 0.101. The third kappa shape index (κ3) is 3.88. The molecule has 1 aliphatic rings. The second-order valence-corrected chi connectivity index (χ2v) is 8.57. The summed E-state index contributed by atoms with van der Waals surface area (Å²) in [5.74, 6) is 1.18. The Morgan fingerprint density at radius 2 is 2.03 bits per heavy atom. The van der Waals surface area contributed by atoms with Crippen LogP contribution in [0.1, 0.15) is 72.9 Å². The van der Waals surface area contributed by atoms with Crippen LogP contribution >= 0.6 is 11.3 Å². The Kier molecular flexibility index (Phi) is 5.85. The predicted octanol–water partition coefficient (Wildman–Crippen LogP) is 5.52. The van der Waals surface area contributed by atoms with E-state index in [9.17, 15) is 4.79 Å². The van der Waals surface area contributed by atoms with Crippen molar-refractivity contribution in [3.05, 3.63) is 34.5 Å². The lowest BCUT2D eigenvalue weighted by atomic mass is 9.90. The van der Waals surface area contributed by atoms with Gasteiger partial charge < -0.3 is 9.30 Å². The van der Waals surface area contributed by atoms with Gasteiger partial charge in [-0.2, -0.15) is 0 Å². The maximum absolute atomic E-state index is 13.2. The van der Waals surface area contributed by atoms with Crippen molar-refractivity contribution in [2.24, 2.45) is 0 Å². The minimum atomic E-state index is -0.134. The molecule has 0 saturated heterocycles. The predicted molar refractivity (Wildman–Crippen MR) is 117 cm³/mol. The van der Waals surface area contributed by atoms with Gasteiger partial charge in [0.25, 0.3) is 5.91 Å². The molecule has 0 bridgehead atoms. The summed E-state index contributed by atoms with van der Waals surface area (Å²) in [7, 11) is 0. The fourth-order valence-corrected chi connectivity index (χ4v) is 5.24. The molecule has 4 rings (SSSR count). The summed E-state index contributed by atoms with van der Waals surface area (Å²) >= 11 is 1.51. The first kappa shape index (κ1) is 19.9. The molecule has 1 saturated carbocycles. The highest BCUT2D eigenvalue weighted by Crippen LogP contribution is 2.35. The molecule has 0 unspecified atom stereocenters. The van der Waals surface area contributed by atoms with Gasteiger partial charge in [0.05, 0.1) is 6.61 Å². The van der Waals surface area contributed by atoms with Crippen molar-refractivity contribution in [1.82, 2.24) is 14.8 Å². The van der Waals surface area contributed by atoms with E-state index in [1.54, 1.807) is 0 Å². The number of hydrogen-bond donors (Lipinski definition) is 1. The summed E-state index contributed by atoms with van der Waals surface area (Å²) in [6.45, 7) is 7.35. The molecule has 1 fully saturated rings. The normalized spacial score (nSPS) is 15.0. The minimum Gasteiger partial charge on any atom is -0.494 e. The van der Waals surface area contributed by atoms with Crippen LogP contribution in [-0.2, 0) is 6.54 Å². The van der Waals surface area contributed by atoms with Crippen molar-refractivity contribution in [3.8, 4) is 5.75 Å². The smallest absolute Gasteiger partial charge is 0.274 e. The molecule has 1 aliphatic carbocycles. The Labute approximate surface area is 175 Å². The van der Waals surface area contributed by atoms with E-state index >= 15 is 0 Å². The van der Waals surface area contributed by atoms with Crippen LogP contribution < -0.4 is 10.1 Å². The molecule has 1 amide bonds. The van der Waals surface area contributed by atoms with Crippen molar-refractivity contribution >= 4 is 33.3 Å². The SMILES string of the molecule is CCOc1ccc2c(c1)c(C)c(C(=O)Nc1nnc(C3CCCCC3)s1)n2CC. The van der Waals surface area contributed by atoms with E-state index in [2.05, 4.69) is 27.0 Å². The van der Waals surface area contributed by atoms with E-state index in [0.717, 1.165) is 27.2 Å². The number of rotatable bonds is 6. The lowest BCUT2D eigenvalue weighted by Crippen LogP contribution is -2.17. The monoisotopic (exact) mass is 412 g/mol. The molecule has 0 aliphatic heterocycles. The van der Waals surface area contributed by atoms with E-state index in [4.69, 9.17) is 4.74 Å². The van der Waals surface area contributed by atoms with Gasteiger partial charge in [0.2, 0.25) is 5.13 Å². The standard InChI is InChI=1S/C22H28N4O2S/c1-4-26-18-12-11-16(28-5-2)13-17(18)14(3)19(26)20(27)23-22-25-24-21(29-22)15-9-7-6-8-10-15/h11-13,15H,4-10H2,1-3H3,(H,23,25,27). The quantitative estimate of drug-likeness (QED) is 0.579. The van der Waals surface area contributed by atoms with Crippen molar-refractivity contribution in [3.63, 3.8) is 0 Å². The molecule has 1 aromatic carbocycles. The number of carbonyl (C=O) groups excluding carboxylic acids is 1. The van der Waals surface area contributed by atoms with Gasteiger partial charge in [0, 0.05) is 23.4 Å². The fourth-order valence-electron chi connectivity index (χ4n) is 4.34. The summed E-state index contributed by atoms with van der Waals surface area (Å²) in [5, 5.41) is 14.3. The second kappa shape index (κ2) is 8.53. The highest BCUT2D eigenvalue weighted by atomic mass is 32.1. The largest absolute Gasteiger partial charge is 0.494 e. The van der Waals surface area contributed by atoms with Gasteiger partial charge in [-0.3, -0.25) is 10.1 Å².